The number of hydrogen-bond donors (Lipinski definition) is 2. The highest BCUT2D eigenvalue weighted by atomic mass is 127. The van der Waals surface area contributed by atoms with E-state index in [-0.39, 0.29) is 30.1 Å². The third kappa shape index (κ3) is 5.58. The summed E-state index contributed by atoms with van der Waals surface area (Å²) in [5.41, 5.74) is 0. The molecule has 0 aromatic rings. The van der Waals surface area contributed by atoms with Crippen molar-refractivity contribution in [3.63, 3.8) is 0 Å². The number of guanidine groups is 1. The number of aliphatic hydroxyl groups excluding tert-OH is 1. The average molecular weight is 409 g/mol. The molecule has 1 aliphatic carbocycles. The van der Waals surface area contributed by atoms with E-state index in [1.54, 1.807) is 0 Å². The maximum absolute atomic E-state index is 9.89. The van der Waals surface area contributed by atoms with Gasteiger partial charge >= 0.3 is 0 Å². The summed E-state index contributed by atoms with van der Waals surface area (Å²) in [6, 6.07) is 0. The quantitative estimate of drug-likeness (QED) is 0.427. The number of aliphatic hydroxyl groups is 1. The number of hydrogen-bond acceptors (Lipinski definition) is 2. The molecule has 21 heavy (non-hydrogen) atoms. The van der Waals surface area contributed by atoms with Crippen molar-refractivity contribution in [3.05, 3.63) is 0 Å². The highest BCUT2D eigenvalue weighted by molar-refractivity contribution is 14.0. The molecule has 3 atom stereocenters. The van der Waals surface area contributed by atoms with Crippen LogP contribution in [0, 0.1) is 17.8 Å². The summed E-state index contributed by atoms with van der Waals surface area (Å²) in [5.74, 6) is 3.02. The molecule has 2 rings (SSSR count). The molecule has 1 heterocycles. The lowest BCUT2D eigenvalue weighted by atomic mass is 9.97. The van der Waals surface area contributed by atoms with E-state index in [4.69, 9.17) is 0 Å². The summed E-state index contributed by atoms with van der Waals surface area (Å²) in [4.78, 5) is 6.80. The van der Waals surface area contributed by atoms with E-state index >= 15 is 0 Å². The van der Waals surface area contributed by atoms with Gasteiger partial charge in [0.05, 0.1) is 6.10 Å². The van der Waals surface area contributed by atoms with Crippen LogP contribution in [0.2, 0.25) is 0 Å². The van der Waals surface area contributed by atoms with Gasteiger partial charge < -0.3 is 15.3 Å². The lowest BCUT2D eigenvalue weighted by Gasteiger charge is -2.24. The van der Waals surface area contributed by atoms with Gasteiger partial charge in [0, 0.05) is 32.6 Å². The van der Waals surface area contributed by atoms with E-state index in [9.17, 15) is 5.11 Å². The van der Waals surface area contributed by atoms with Crippen LogP contribution in [0.1, 0.15) is 46.0 Å². The van der Waals surface area contributed by atoms with Gasteiger partial charge in [0.25, 0.3) is 0 Å². The second-order valence-corrected chi connectivity index (χ2v) is 6.92. The zero-order chi connectivity index (χ0) is 14.5. The monoisotopic (exact) mass is 409 g/mol. The summed E-state index contributed by atoms with van der Waals surface area (Å²) in [6.07, 6.45) is 5.74. The van der Waals surface area contributed by atoms with Crippen LogP contribution in [0.25, 0.3) is 0 Å². The number of nitrogens with one attached hydrogen (secondary N) is 1. The predicted octanol–water partition coefficient (Wildman–Crippen LogP) is 2.71. The van der Waals surface area contributed by atoms with Crippen LogP contribution in [-0.4, -0.2) is 48.8 Å². The summed E-state index contributed by atoms with van der Waals surface area (Å²) in [7, 11) is 1.86. The first kappa shape index (κ1) is 19.0. The molecular formula is C16H32IN3O. The third-order valence-corrected chi connectivity index (χ3v) is 4.74. The van der Waals surface area contributed by atoms with Crippen molar-refractivity contribution in [3.8, 4) is 0 Å². The molecule has 5 heteroatoms. The largest absolute Gasteiger partial charge is 0.393 e. The Morgan fingerprint density at radius 3 is 2.67 bits per heavy atom. The highest BCUT2D eigenvalue weighted by Gasteiger charge is 2.28. The van der Waals surface area contributed by atoms with E-state index in [2.05, 4.69) is 29.1 Å². The molecule has 0 spiro atoms. The van der Waals surface area contributed by atoms with Crippen LogP contribution in [0.5, 0.6) is 0 Å². The van der Waals surface area contributed by atoms with Crippen LogP contribution < -0.4 is 5.32 Å². The Balaban J connectivity index is 0.00000220. The number of aliphatic imine (C=N–C) groups is 1. The minimum absolute atomic E-state index is 0. The molecule has 0 amide bonds. The van der Waals surface area contributed by atoms with Gasteiger partial charge in [0.2, 0.25) is 0 Å². The molecule has 124 valence electrons. The molecule has 0 aromatic carbocycles. The van der Waals surface area contributed by atoms with Crippen LogP contribution in [0.4, 0.5) is 0 Å². The SMILES string of the molecule is CN=C(NCC1CCCC1O)N1CCC(CC(C)C)C1.I. The fraction of sp³-hybridized carbons (Fsp3) is 0.938. The molecular weight excluding hydrogens is 377 g/mol. The minimum Gasteiger partial charge on any atom is -0.393 e. The molecule has 1 saturated heterocycles. The Labute approximate surface area is 146 Å². The highest BCUT2D eigenvalue weighted by Crippen LogP contribution is 2.25. The van der Waals surface area contributed by atoms with E-state index in [0.717, 1.165) is 56.7 Å². The molecule has 4 nitrogen and oxygen atoms in total. The zero-order valence-corrected chi connectivity index (χ0v) is 16.0. The fourth-order valence-electron chi connectivity index (χ4n) is 3.69. The van der Waals surface area contributed by atoms with Gasteiger partial charge in [-0.15, -0.1) is 24.0 Å². The molecule has 1 aliphatic heterocycles. The zero-order valence-electron chi connectivity index (χ0n) is 13.7. The van der Waals surface area contributed by atoms with Gasteiger partial charge in [-0.1, -0.05) is 20.3 Å². The van der Waals surface area contributed by atoms with E-state index in [1.165, 1.54) is 12.8 Å². The fourth-order valence-corrected chi connectivity index (χ4v) is 3.69. The van der Waals surface area contributed by atoms with E-state index in [1.807, 2.05) is 7.05 Å². The van der Waals surface area contributed by atoms with Crippen LogP contribution in [-0.2, 0) is 0 Å². The molecule has 1 saturated carbocycles. The third-order valence-electron chi connectivity index (χ3n) is 4.74. The molecule has 2 aliphatic rings. The van der Waals surface area contributed by atoms with Crippen molar-refractivity contribution in [2.24, 2.45) is 22.7 Å². The van der Waals surface area contributed by atoms with Crippen LogP contribution >= 0.6 is 24.0 Å². The van der Waals surface area contributed by atoms with Crippen molar-refractivity contribution in [1.29, 1.82) is 0 Å². The summed E-state index contributed by atoms with van der Waals surface area (Å²) in [5, 5.41) is 13.4. The minimum atomic E-state index is -0.118. The van der Waals surface area contributed by atoms with Gasteiger partial charge in [-0.3, -0.25) is 4.99 Å². The normalized spacial score (nSPS) is 29.9. The molecule has 3 unspecified atom stereocenters. The standard InChI is InChI=1S/C16H31N3O.HI/c1-12(2)9-13-7-8-19(11-13)16(17-3)18-10-14-5-4-6-15(14)20;/h12-15,20H,4-11H2,1-3H3,(H,17,18);1H. The average Bonchev–Trinajstić information content (AvgIpc) is 3.00. The van der Waals surface area contributed by atoms with Crippen molar-refractivity contribution in [2.75, 3.05) is 26.7 Å². The Morgan fingerprint density at radius 1 is 1.33 bits per heavy atom. The molecule has 2 fully saturated rings. The number of rotatable bonds is 4. The van der Waals surface area contributed by atoms with Gasteiger partial charge in [-0.2, -0.15) is 0 Å². The summed E-state index contributed by atoms with van der Waals surface area (Å²) >= 11 is 0. The smallest absolute Gasteiger partial charge is 0.193 e. The maximum atomic E-state index is 9.89. The van der Waals surface area contributed by atoms with Crippen molar-refractivity contribution in [1.82, 2.24) is 10.2 Å². The second kappa shape index (κ2) is 9.18. The van der Waals surface area contributed by atoms with Crippen LogP contribution in [0.3, 0.4) is 0 Å². The van der Waals surface area contributed by atoms with Gasteiger partial charge in [0.15, 0.2) is 5.96 Å². The number of nitrogens with zero attached hydrogens (tertiary/aromatic N) is 2. The Morgan fingerprint density at radius 2 is 2.10 bits per heavy atom. The second-order valence-electron chi connectivity index (χ2n) is 6.92. The number of likely N-dealkylation sites (tertiary alicyclic amines) is 1. The molecule has 0 bridgehead atoms. The summed E-state index contributed by atoms with van der Waals surface area (Å²) < 4.78 is 0. The lowest BCUT2D eigenvalue weighted by molar-refractivity contribution is 0.134. The van der Waals surface area contributed by atoms with E-state index < -0.39 is 0 Å². The Hall–Kier alpha value is -0.0400. The van der Waals surface area contributed by atoms with Gasteiger partial charge in [0.1, 0.15) is 0 Å². The van der Waals surface area contributed by atoms with Crippen molar-refractivity contribution < 1.29 is 5.11 Å². The molecule has 0 aromatic heterocycles. The number of halogens is 1. The predicted molar refractivity (Wildman–Crippen MR) is 99.3 cm³/mol. The lowest BCUT2D eigenvalue weighted by Crippen LogP contribution is -2.43. The Kier molecular flexibility index (Phi) is 8.31. The first-order valence-corrected chi connectivity index (χ1v) is 8.23. The maximum Gasteiger partial charge on any atom is 0.193 e. The topological polar surface area (TPSA) is 47.9 Å². The van der Waals surface area contributed by atoms with Crippen molar-refractivity contribution in [2.45, 2.75) is 52.1 Å². The van der Waals surface area contributed by atoms with E-state index in [0.29, 0.717) is 5.92 Å². The first-order chi connectivity index (χ1) is 9.60. The van der Waals surface area contributed by atoms with Gasteiger partial charge in [-0.25, -0.2) is 0 Å². The molecule has 2 N–H and O–H groups in total. The first-order valence-electron chi connectivity index (χ1n) is 8.23. The van der Waals surface area contributed by atoms with Crippen molar-refractivity contribution >= 4 is 29.9 Å². The van der Waals surface area contributed by atoms with Gasteiger partial charge in [-0.05, 0) is 37.5 Å². The molecule has 0 radical (unpaired) electrons. The van der Waals surface area contributed by atoms with Crippen LogP contribution in [0.15, 0.2) is 4.99 Å². The Bertz CT molecular complexity index is 335. The summed E-state index contributed by atoms with van der Waals surface area (Å²) in [6.45, 7) is 7.71.